The van der Waals surface area contributed by atoms with Gasteiger partial charge in [-0.1, -0.05) is 6.07 Å². The Morgan fingerprint density at radius 1 is 1.39 bits per heavy atom. The third-order valence-electron chi connectivity index (χ3n) is 3.10. The largest absolute Gasteiger partial charge is 0.497 e. The lowest BCUT2D eigenvalue weighted by atomic mass is 10.0. The predicted octanol–water partition coefficient (Wildman–Crippen LogP) is 2.91. The van der Waals surface area contributed by atoms with Crippen LogP contribution in [0, 0.1) is 0 Å². The van der Waals surface area contributed by atoms with Crippen LogP contribution in [0.25, 0.3) is 10.9 Å². The van der Waals surface area contributed by atoms with Crippen LogP contribution >= 0.6 is 0 Å². The van der Waals surface area contributed by atoms with Crippen molar-refractivity contribution < 1.29 is 4.74 Å². The molecule has 0 saturated heterocycles. The van der Waals surface area contributed by atoms with Gasteiger partial charge in [0.15, 0.2) is 0 Å². The minimum atomic E-state index is 0.259. The standard InChI is InChI=1S/C15H20N2O/c1-11(16)5-3-6-12-9-14(18-2)10-13-7-4-8-17-15(12)13/h4,7-11H,3,5-6,16H2,1-2H3. The summed E-state index contributed by atoms with van der Waals surface area (Å²) in [6.07, 6.45) is 4.94. The highest BCUT2D eigenvalue weighted by Crippen LogP contribution is 2.25. The van der Waals surface area contributed by atoms with Gasteiger partial charge in [0.1, 0.15) is 5.75 Å². The molecule has 18 heavy (non-hydrogen) atoms. The van der Waals surface area contributed by atoms with Gasteiger partial charge in [-0.05, 0) is 49.9 Å². The molecule has 0 spiro atoms. The van der Waals surface area contributed by atoms with E-state index in [1.807, 2.05) is 25.3 Å². The van der Waals surface area contributed by atoms with Crippen molar-refractivity contribution in [3.63, 3.8) is 0 Å². The number of nitrogens with zero attached hydrogens (tertiary/aromatic N) is 1. The third-order valence-corrected chi connectivity index (χ3v) is 3.10. The molecule has 1 aromatic heterocycles. The molecule has 1 heterocycles. The van der Waals surface area contributed by atoms with Gasteiger partial charge in [-0.2, -0.15) is 0 Å². The number of benzene rings is 1. The Balaban J connectivity index is 2.29. The van der Waals surface area contributed by atoms with Gasteiger partial charge < -0.3 is 10.5 Å². The zero-order chi connectivity index (χ0) is 13.0. The Morgan fingerprint density at radius 3 is 2.94 bits per heavy atom. The minimum Gasteiger partial charge on any atom is -0.497 e. The monoisotopic (exact) mass is 244 g/mol. The predicted molar refractivity (Wildman–Crippen MR) is 74.9 cm³/mol. The van der Waals surface area contributed by atoms with Crippen molar-refractivity contribution in [1.29, 1.82) is 0 Å². The minimum absolute atomic E-state index is 0.259. The first-order valence-corrected chi connectivity index (χ1v) is 6.38. The Bertz CT molecular complexity index is 523. The molecule has 3 nitrogen and oxygen atoms in total. The molecule has 0 aliphatic rings. The van der Waals surface area contributed by atoms with Gasteiger partial charge in [-0.3, -0.25) is 4.98 Å². The Kier molecular flexibility index (Phi) is 4.15. The SMILES string of the molecule is COc1cc(CCCC(C)N)c2ncccc2c1. The van der Waals surface area contributed by atoms with Gasteiger partial charge in [0.05, 0.1) is 12.6 Å². The lowest BCUT2D eigenvalue weighted by Crippen LogP contribution is -2.14. The smallest absolute Gasteiger partial charge is 0.119 e. The second kappa shape index (κ2) is 5.83. The van der Waals surface area contributed by atoms with Crippen molar-refractivity contribution in [3.05, 3.63) is 36.0 Å². The summed E-state index contributed by atoms with van der Waals surface area (Å²) in [4.78, 5) is 4.47. The van der Waals surface area contributed by atoms with Crippen molar-refractivity contribution in [2.75, 3.05) is 7.11 Å². The lowest BCUT2D eigenvalue weighted by molar-refractivity contribution is 0.415. The maximum absolute atomic E-state index is 5.78. The summed E-state index contributed by atoms with van der Waals surface area (Å²) in [6.45, 7) is 2.04. The number of methoxy groups -OCH3 is 1. The summed E-state index contributed by atoms with van der Waals surface area (Å²) >= 11 is 0. The first kappa shape index (κ1) is 12.8. The first-order chi connectivity index (χ1) is 8.70. The van der Waals surface area contributed by atoms with E-state index in [9.17, 15) is 0 Å². The van der Waals surface area contributed by atoms with Gasteiger partial charge >= 0.3 is 0 Å². The summed E-state index contributed by atoms with van der Waals surface area (Å²) in [5.41, 5.74) is 8.10. The van der Waals surface area contributed by atoms with Gasteiger partial charge in [-0.25, -0.2) is 0 Å². The highest BCUT2D eigenvalue weighted by molar-refractivity contribution is 5.83. The number of nitrogens with two attached hydrogens (primary N) is 1. The molecule has 0 fully saturated rings. The molecular formula is C15H20N2O. The topological polar surface area (TPSA) is 48.1 Å². The van der Waals surface area contributed by atoms with E-state index in [0.717, 1.165) is 35.9 Å². The number of pyridine rings is 1. The van der Waals surface area contributed by atoms with Gasteiger partial charge in [0, 0.05) is 17.6 Å². The summed E-state index contributed by atoms with van der Waals surface area (Å²) < 4.78 is 5.34. The van der Waals surface area contributed by atoms with E-state index in [2.05, 4.69) is 17.1 Å². The van der Waals surface area contributed by atoms with Gasteiger partial charge in [-0.15, -0.1) is 0 Å². The van der Waals surface area contributed by atoms with Crippen molar-refractivity contribution in [2.24, 2.45) is 5.73 Å². The van der Waals surface area contributed by atoms with Crippen LogP contribution in [0.1, 0.15) is 25.3 Å². The summed E-state index contributed by atoms with van der Waals surface area (Å²) in [5, 5.41) is 1.13. The van der Waals surface area contributed by atoms with E-state index in [0.29, 0.717) is 0 Å². The average Bonchev–Trinajstić information content (AvgIpc) is 2.38. The molecular weight excluding hydrogens is 224 g/mol. The number of ether oxygens (including phenoxy) is 1. The Morgan fingerprint density at radius 2 is 2.22 bits per heavy atom. The molecule has 0 radical (unpaired) electrons. The molecule has 1 atom stereocenters. The second-order valence-electron chi connectivity index (χ2n) is 4.73. The lowest BCUT2D eigenvalue weighted by Gasteiger charge is -2.10. The quantitative estimate of drug-likeness (QED) is 0.879. The van der Waals surface area contributed by atoms with Crippen LogP contribution in [0.15, 0.2) is 30.5 Å². The fourth-order valence-electron chi connectivity index (χ4n) is 2.16. The van der Waals surface area contributed by atoms with Crippen LogP contribution in [0.4, 0.5) is 0 Å². The van der Waals surface area contributed by atoms with Crippen molar-refractivity contribution in [1.82, 2.24) is 4.98 Å². The molecule has 1 unspecified atom stereocenters. The molecule has 0 aliphatic carbocycles. The fraction of sp³-hybridized carbons (Fsp3) is 0.400. The number of rotatable bonds is 5. The molecule has 0 amide bonds. The Labute approximate surface area is 108 Å². The molecule has 1 aromatic carbocycles. The first-order valence-electron chi connectivity index (χ1n) is 6.38. The normalized spacial score (nSPS) is 12.6. The van der Waals surface area contributed by atoms with Crippen LogP contribution in [0.2, 0.25) is 0 Å². The maximum Gasteiger partial charge on any atom is 0.119 e. The molecule has 3 heteroatoms. The van der Waals surface area contributed by atoms with Gasteiger partial charge in [0.25, 0.3) is 0 Å². The molecule has 0 bridgehead atoms. The van der Waals surface area contributed by atoms with E-state index >= 15 is 0 Å². The van der Waals surface area contributed by atoms with E-state index in [1.54, 1.807) is 7.11 Å². The highest BCUT2D eigenvalue weighted by atomic mass is 16.5. The van der Waals surface area contributed by atoms with Crippen LogP contribution in [-0.2, 0) is 6.42 Å². The van der Waals surface area contributed by atoms with E-state index in [4.69, 9.17) is 10.5 Å². The van der Waals surface area contributed by atoms with E-state index < -0.39 is 0 Å². The van der Waals surface area contributed by atoms with Crippen LogP contribution < -0.4 is 10.5 Å². The summed E-state index contributed by atoms with van der Waals surface area (Å²) in [7, 11) is 1.70. The van der Waals surface area contributed by atoms with E-state index in [-0.39, 0.29) is 6.04 Å². The van der Waals surface area contributed by atoms with Crippen molar-refractivity contribution in [3.8, 4) is 5.75 Å². The number of fused-ring (bicyclic) bond motifs is 1. The number of aryl methyl sites for hydroxylation is 1. The van der Waals surface area contributed by atoms with Crippen molar-refractivity contribution >= 4 is 10.9 Å². The number of aromatic nitrogens is 1. The molecule has 0 aliphatic heterocycles. The zero-order valence-corrected chi connectivity index (χ0v) is 11.0. The third kappa shape index (κ3) is 2.99. The second-order valence-corrected chi connectivity index (χ2v) is 4.73. The molecule has 96 valence electrons. The molecule has 0 saturated carbocycles. The van der Waals surface area contributed by atoms with Crippen molar-refractivity contribution in [2.45, 2.75) is 32.2 Å². The van der Waals surface area contributed by atoms with E-state index in [1.165, 1.54) is 5.56 Å². The number of hydrogen-bond acceptors (Lipinski definition) is 3. The van der Waals surface area contributed by atoms with Crippen LogP contribution in [0.3, 0.4) is 0 Å². The number of hydrogen-bond donors (Lipinski definition) is 1. The Hall–Kier alpha value is -1.61. The molecule has 2 aromatic rings. The fourth-order valence-corrected chi connectivity index (χ4v) is 2.16. The zero-order valence-electron chi connectivity index (χ0n) is 11.0. The summed E-state index contributed by atoms with van der Waals surface area (Å²) in [6, 6.07) is 8.39. The van der Waals surface area contributed by atoms with Crippen LogP contribution in [0.5, 0.6) is 5.75 Å². The van der Waals surface area contributed by atoms with Gasteiger partial charge in [0.2, 0.25) is 0 Å². The maximum atomic E-state index is 5.78. The highest BCUT2D eigenvalue weighted by Gasteiger charge is 2.06. The molecule has 2 N–H and O–H groups in total. The van der Waals surface area contributed by atoms with Crippen LogP contribution in [-0.4, -0.2) is 18.1 Å². The average molecular weight is 244 g/mol. The summed E-state index contributed by atoms with van der Waals surface area (Å²) in [5.74, 6) is 0.895. The molecule has 2 rings (SSSR count).